The van der Waals surface area contributed by atoms with Crippen molar-refractivity contribution in [2.75, 3.05) is 5.01 Å². The van der Waals surface area contributed by atoms with Crippen molar-refractivity contribution in [3.63, 3.8) is 0 Å². The molecule has 1 aromatic heterocycles. The topological polar surface area (TPSA) is 288 Å². The first kappa shape index (κ1) is 31.9. The molecule has 4 rings (SSSR count). The van der Waals surface area contributed by atoms with Crippen LogP contribution >= 0.6 is 0 Å². The Hall–Kier alpha value is -4.03. The van der Waals surface area contributed by atoms with Crippen LogP contribution in [0.1, 0.15) is 18.2 Å². The zero-order chi connectivity index (χ0) is 32.4. The van der Waals surface area contributed by atoms with Crippen molar-refractivity contribution in [2.45, 2.75) is 33.4 Å². The van der Waals surface area contributed by atoms with Gasteiger partial charge in [-0.05, 0) is 56.3 Å². The molecule has 0 atom stereocenters. The summed E-state index contributed by atoms with van der Waals surface area (Å²) < 4.78 is 133. The third-order valence-electron chi connectivity index (χ3n) is 5.95. The Morgan fingerprint density at radius 3 is 1.65 bits per heavy atom. The minimum absolute atomic E-state index is 0.0397. The van der Waals surface area contributed by atoms with Crippen molar-refractivity contribution in [3.8, 4) is 5.69 Å². The Morgan fingerprint density at radius 1 is 0.721 bits per heavy atom. The molecule has 3 aromatic rings. The number of carbonyl (C=O) groups is 1. The van der Waals surface area contributed by atoms with Crippen LogP contribution in [0.2, 0.25) is 0 Å². The number of H-pyrrole nitrogens is 1. The van der Waals surface area contributed by atoms with E-state index in [1.807, 2.05) is 0 Å². The standard InChI is InChI=1S/C21H18N4O14S4/c1-10-14(20(26)24(22-10)16-7-12(40(28,29)30)3-5-18(16)42(34,35)36)9-15-11(2)23-25(21(15)27)17-8-13(41(31,32)33)4-6-19(17)43(37,38)39/h3-9,22H,1-2H3,(H,28,29,30)(H,31,32,33)(H,34,35,36)(H,37,38,39)/b15-9-. The molecule has 0 saturated heterocycles. The van der Waals surface area contributed by atoms with Crippen LogP contribution < -0.4 is 10.6 Å². The highest BCUT2D eigenvalue weighted by Crippen LogP contribution is 2.33. The molecule has 0 unspecified atom stereocenters. The molecular weight excluding hydrogens is 661 g/mol. The lowest BCUT2D eigenvalue weighted by atomic mass is 10.1. The fourth-order valence-electron chi connectivity index (χ4n) is 3.98. The summed E-state index contributed by atoms with van der Waals surface area (Å²) in [6, 6.07) is 3.69. The molecule has 0 bridgehead atoms. The van der Waals surface area contributed by atoms with Crippen molar-refractivity contribution in [1.29, 1.82) is 0 Å². The van der Waals surface area contributed by atoms with E-state index in [2.05, 4.69) is 10.2 Å². The molecule has 1 aliphatic heterocycles. The molecule has 0 spiro atoms. The maximum absolute atomic E-state index is 13.4. The molecule has 2 aromatic carbocycles. The quantitative estimate of drug-likeness (QED) is 0.166. The van der Waals surface area contributed by atoms with Gasteiger partial charge in [-0.3, -0.25) is 32.9 Å². The maximum atomic E-state index is 13.4. The molecule has 5 N–H and O–H groups in total. The predicted octanol–water partition coefficient (Wildman–Crippen LogP) is 0.267. The minimum Gasteiger partial charge on any atom is -0.295 e. The van der Waals surface area contributed by atoms with Gasteiger partial charge in [0.1, 0.15) is 9.79 Å². The van der Waals surface area contributed by atoms with Gasteiger partial charge in [0.25, 0.3) is 51.9 Å². The summed E-state index contributed by atoms with van der Waals surface area (Å²) >= 11 is 0. The summed E-state index contributed by atoms with van der Waals surface area (Å²) in [5, 5.41) is 6.73. The third-order valence-corrected chi connectivity index (χ3v) is 9.45. The molecular formula is C21H18N4O14S4. The SMILES string of the molecule is CC1=NN(c2cc(S(=O)(=O)O)ccc2S(=O)(=O)O)C(=O)/C1=C\c1c(C)[nH]n(-c2cc(S(=O)(=O)O)ccc2S(=O)(=O)O)c1=O. The van der Waals surface area contributed by atoms with Gasteiger partial charge in [-0.1, -0.05) is 0 Å². The number of hydrazone groups is 1. The first-order chi connectivity index (χ1) is 19.5. The fraction of sp³-hybridized carbons (Fsp3) is 0.0952. The van der Waals surface area contributed by atoms with Gasteiger partial charge in [-0.2, -0.15) is 43.8 Å². The van der Waals surface area contributed by atoms with Crippen molar-refractivity contribution in [2.24, 2.45) is 5.10 Å². The van der Waals surface area contributed by atoms with E-state index >= 15 is 0 Å². The lowest BCUT2D eigenvalue weighted by Crippen LogP contribution is -2.24. The summed E-state index contributed by atoms with van der Waals surface area (Å²) in [5.74, 6) is -1.13. The monoisotopic (exact) mass is 678 g/mol. The highest BCUT2D eigenvalue weighted by Gasteiger charge is 2.34. The number of anilines is 1. The van der Waals surface area contributed by atoms with Crippen LogP contribution in [-0.2, 0) is 45.3 Å². The summed E-state index contributed by atoms with van der Waals surface area (Å²) in [6.45, 7) is 2.54. The number of carbonyl (C=O) groups excluding carboxylic acids is 1. The predicted molar refractivity (Wildman–Crippen MR) is 145 cm³/mol. The summed E-state index contributed by atoms with van der Waals surface area (Å²) in [6.07, 6.45) is 0.950. The molecule has 18 nitrogen and oxygen atoms in total. The molecule has 2 heterocycles. The van der Waals surface area contributed by atoms with Gasteiger partial charge in [-0.25, -0.2) is 4.68 Å². The number of aromatic amines is 1. The first-order valence-electron chi connectivity index (χ1n) is 11.1. The summed E-state index contributed by atoms with van der Waals surface area (Å²) in [7, 11) is -19.9. The minimum atomic E-state index is -5.07. The molecule has 22 heteroatoms. The van der Waals surface area contributed by atoms with Crippen molar-refractivity contribution in [1.82, 2.24) is 9.78 Å². The second-order valence-electron chi connectivity index (χ2n) is 8.81. The number of rotatable bonds is 7. The number of nitrogens with zero attached hydrogens (tertiary/aromatic N) is 3. The number of hydrogen-bond donors (Lipinski definition) is 5. The van der Waals surface area contributed by atoms with Crippen LogP contribution in [0, 0.1) is 6.92 Å². The van der Waals surface area contributed by atoms with Crippen molar-refractivity contribution >= 4 is 63.9 Å². The van der Waals surface area contributed by atoms with Crippen LogP contribution in [0.15, 0.2) is 71.4 Å². The zero-order valence-electron chi connectivity index (χ0n) is 21.4. The van der Waals surface area contributed by atoms with Gasteiger partial charge in [0.15, 0.2) is 0 Å². The molecule has 0 aliphatic carbocycles. The highest BCUT2D eigenvalue weighted by molar-refractivity contribution is 7.87. The molecule has 230 valence electrons. The van der Waals surface area contributed by atoms with Gasteiger partial charge >= 0.3 is 0 Å². The summed E-state index contributed by atoms with van der Waals surface area (Å²) in [5.41, 5.74) is -3.47. The molecule has 43 heavy (non-hydrogen) atoms. The van der Waals surface area contributed by atoms with Crippen LogP contribution in [0.5, 0.6) is 0 Å². The Morgan fingerprint density at radius 2 is 1.19 bits per heavy atom. The Bertz CT molecular complexity index is 2300. The van der Waals surface area contributed by atoms with Crippen LogP contribution in [0.25, 0.3) is 11.8 Å². The van der Waals surface area contributed by atoms with E-state index in [9.17, 15) is 61.5 Å². The molecule has 1 aliphatic rings. The molecule has 0 radical (unpaired) electrons. The number of aromatic nitrogens is 2. The van der Waals surface area contributed by atoms with Crippen molar-refractivity contribution < 1.29 is 56.7 Å². The van der Waals surface area contributed by atoms with E-state index in [1.54, 1.807) is 0 Å². The van der Waals surface area contributed by atoms with Gasteiger partial charge in [0, 0.05) is 5.69 Å². The van der Waals surface area contributed by atoms with Gasteiger partial charge in [0.05, 0.1) is 38.0 Å². The van der Waals surface area contributed by atoms with E-state index in [0.717, 1.165) is 6.08 Å². The lowest BCUT2D eigenvalue weighted by Gasteiger charge is -2.15. The fourth-order valence-corrected chi connectivity index (χ4v) is 6.29. The first-order valence-corrected chi connectivity index (χ1v) is 16.9. The largest absolute Gasteiger partial charge is 0.296 e. The zero-order valence-corrected chi connectivity index (χ0v) is 24.7. The molecule has 0 fully saturated rings. The van der Waals surface area contributed by atoms with Crippen molar-refractivity contribution in [3.05, 3.63) is 63.6 Å². The number of aryl methyl sites for hydroxylation is 1. The van der Waals surface area contributed by atoms with E-state index in [0.29, 0.717) is 46.1 Å². The number of hydrogen-bond acceptors (Lipinski definition) is 11. The Labute approximate surface area is 242 Å². The average Bonchev–Trinajstić information content (AvgIpc) is 3.30. The number of benzene rings is 2. The van der Waals surface area contributed by atoms with E-state index in [-0.39, 0.29) is 22.5 Å². The normalized spacial score (nSPS) is 15.8. The van der Waals surface area contributed by atoms with Crippen LogP contribution in [-0.4, -0.2) is 73.3 Å². The molecule has 0 saturated carbocycles. The third kappa shape index (κ3) is 6.07. The summed E-state index contributed by atoms with van der Waals surface area (Å²) in [4.78, 5) is 23.1. The average molecular weight is 679 g/mol. The molecule has 1 amide bonds. The van der Waals surface area contributed by atoms with E-state index in [1.165, 1.54) is 13.8 Å². The van der Waals surface area contributed by atoms with Gasteiger partial charge < -0.3 is 0 Å². The van der Waals surface area contributed by atoms with Gasteiger partial charge in [-0.15, -0.1) is 0 Å². The van der Waals surface area contributed by atoms with Crippen LogP contribution in [0.4, 0.5) is 5.69 Å². The number of amides is 1. The lowest BCUT2D eigenvalue weighted by molar-refractivity contribution is -0.114. The van der Waals surface area contributed by atoms with E-state index < -0.39 is 82.9 Å². The van der Waals surface area contributed by atoms with E-state index in [4.69, 9.17) is 0 Å². The Kier molecular flexibility index (Phi) is 7.64. The number of nitrogens with one attached hydrogen (secondary N) is 1. The highest BCUT2D eigenvalue weighted by atomic mass is 32.2. The smallest absolute Gasteiger partial charge is 0.295 e. The maximum Gasteiger partial charge on any atom is 0.296 e. The second-order valence-corrected chi connectivity index (χ2v) is 14.4. The second kappa shape index (κ2) is 10.3. The Balaban J connectivity index is 1.90. The van der Waals surface area contributed by atoms with Gasteiger partial charge in [0.2, 0.25) is 0 Å². The van der Waals surface area contributed by atoms with Crippen LogP contribution in [0.3, 0.4) is 0 Å².